The first-order valence-electron chi connectivity index (χ1n) is 5.77. The molecule has 0 fully saturated rings. The van der Waals surface area contributed by atoms with Crippen molar-refractivity contribution in [3.05, 3.63) is 59.7 Å². The third-order valence-electron chi connectivity index (χ3n) is 3.30. The summed E-state index contributed by atoms with van der Waals surface area (Å²) in [5.74, 6) is -0.429. The van der Waals surface area contributed by atoms with Crippen LogP contribution in [-0.4, -0.2) is 11.0 Å². The van der Waals surface area contributed by atoms with Crippen LogP contribution in [0.2, 0.25) is 0 Å². The molecule has 0 aromatic heterocycles. The molecule has 2 aromatic carbocycles. The van der Waals surface area contributed by atoms with Crippen LogP contribution >= 0.6 is 11.9 Å². The van der Waals surface area contributed by atoms with E-state index in [4.69, 9.17) is 5.14 Å². The fraction of sp³-hybridized carbons (Fsp3) is 0.0714. The summed E-state index contributed by atoms with van der Waals surface area (Å²) in [4.78, 5) is 13.0. The summed E-state index contributed by atoms with van der Waals surface area (Å²) in [6.45, 7) is 0. The molecule has 1 atom stereocenters. The van der Waals surface area contributed by atoms with E-state index in [-0.39, 0.29) is 0 Å². The maximum atomic E-state index is 12.1. The van der Waals surface area contributed by atoms with E-state index >= 15 is 0 Å². The number of hydrogen-bond acceptors (Lipinski definition) is 4. The molecule has 4 nitrogen and oxygen atoms in total. The van der Waals surface area contributed by atoms with Gasteiger partial charge in [-0.3, -0.25) is 9.93 Å². The highest BCUT2D eigenvalue weighted by Gasteiger charge is 2.46. The van der Waals surface area contributed by atoms with E-state index < -0.39 is 11.5 Å². The van der Waals surface area contributed by atoms with Crippen molar-refractivity contribution in [3.63, 3.8) is 0 Å². The molecule has 1 heterocycles. The highest BCUT2D eigenvalue weighted by molar-refractivity contribution is 7.97. The van der Waals surface area contributed by atoms with E-state index in [1.165, 1.54) is 0 Å². The first kappa shape index (κ1) is 12.2. The highest BCUT2D eigenvalue weighted by atomic mass is 32.2. The summed E-state index contributed by atoms with van der Waals surface area (Å²) in [5.41, 5.74) is 0.127. The molecule has 2 aromatic rings. The fourth-order valence-electron chi connectivity index (χ4n) is 2.30. The second kappa shape index (κ2) is 4.38. The quantitative estimate of drug-likeness (QED) is 0.729. The summed E-state index contributed by atoms with van der Waals surface area (Å²) in [7, 11) is 0. The zero-order chi connectivity index (χ0) is 13.5. The molecule has 0 spiro atoms. The molecule has 4 N–H and O–H groups in total. The molecule has 96 valence electrons. The molecular formula is C14H12N2O2S. The molecule has 1 amide bonds. The van der Waals surface area contributed by atoms with E-state index in [2.05, 4.69) is 5.32 Å². The number of carbonyl (C=O) groups excluding carboxylic acids is 1. The lowest BCUT2D eigenvalue weighted by atomic mass is 9.88. The van der Waals surface area contributed by atoms with Gasteiger partial charge in [0.2, 0.25) is 0 Å². The number of nitrogens with one attached hydrogen (secondary N) is 1. The lowest BCUT2D eigenvalue weighted by Crippen LogP contribution is -2.35. The first-order chi connectivity index (χ1) is 9.16. The lowest BCUT2D eigenvalue weighted by Gasteiger charge is -2.21. The standard InChI is InChI=1S/C14H12N2O2S/c15-19-10-7-5-9(6-8-10)14(18)11-3-1-2-4-12(11)16-13(14)17/h1-8,18H,15H2,(H,16,17). The summed E-state index contributed by atoms with van der Waals surface area (Å²) in [6, 6.07) is 14.1. The highest BCUT2D eigenvalue weighted by Crippen LogP contribution is 2.40. The Bertz CT molecular complexity index is 642. The zero-order valence-corrected chi connectivity index (χ0v) is 10.8. The molecule has 19 heavy (non-hydrogen) atoms. The van der Waals surface area contributed by atoms with Crippen molar-refractivity contribution >= 4 is 23.5 Å². The molecule has 5 heteroatoms. The van der Waals surface area contributed by atoms with E-state index in [9.17, 15) is 9.90 Å². The van der Waals surface area contributed by atoms with Crippen molar-refractivity contribution in [3.8, 4) is 0 Å². The minimum Gasteiger partial charge on any atom is -0.372 e. The van der Waals surface area contributed by atoms with Crippen LogP contribution in [0, 0.1) is 0 Å². The van der Waals surface area contributed by atoms with Gasteiger partial charge in [0.15, 0.2) is 5.60 Å². The van der Waals surface area contributed by atoms with Crippen LogP contribution in [0.15, 0.2) is 53.4 Å². The Hall–Kier alpha value is -1.82. The molecule has 0 saturated carbocycles. The van der Waals surface area contributed by atoms with Crippen LogP contribution in [0.5, 0.6) is 0 Å². The number of carbonyl (C=O) groups is 1. The Labute approximate surface area is 114 Å². The topological polar surface area (TPSA) is 75.3 Å². The van der Waals surface area contributed by atoms with Crippen LogP contribution in [0.4, 0.5) is 5.69 Å². The number of nitrogens with two attached hydrogens (primary N) is 1. The van der Waals surface area contributed by atoms with Gasteiger partial charge in [-0.15, -0.1) is 0 Å². The van der Waals surface area contributed by atoms with Gasteiger partial charge in [0.05, 0.1) is 0 Å². The molecule has 0 radical (unpaired) electrons. The van der Waals surface area contributed by atoms with Crippen LogP contribution in [0.1, 0.15) is 11.1 Å². The number of anilines is 1. The Balaban J connectivity index is 2.14. The third-order valence-corrected chi connectivity index (χ3v) is 3.85. The number of aliphatic hydroxyl groups is 1. The largest absolute Gasteiger partial charge is 0.372 e. The number of benzene rings is 2. The second-order valence-electron chi connectivity index (χ2n) is 4.35. The van der Waals surface area contributed by atoms with Gasteiger partial charge in [0.25, 0.3) is 5.91 Å². The van der Waals surface area contributed by atoms with Gasteiger partial charge < -0.3 is 10.4 Å². The van der Waals surface area contributed by atoms with Crippen LogP contribution < -0.4 is 10.5 Å². The Morgan fingerprint density at radius 1 is 1.11 bits per heavy atom. The second-order valence-corrected chi connectivity index (χ2v) is 5.06. The Morgan fingerprint density at radius 3 is 2.47 bits per heavy atom. The minimum atomic E-state index is -1.63. The molecule has 1 aliphatic heterocycles. The van der Waals surface area contributed by atoms with Gasteiger partial charge in [-0.2, -0.15) is 0 Å². The average Bonchev–Trinajstić information content (AvgIpc) is 2.72. The van der Waals surface area contributed by atoms with E-state index in [1.54, 1.807) is 42.5 Å². The maximum Gasteiger partial charge on any atom is 0.265 e. The minimum absolute atomic E-state index is 0.429. The summed E-state index contributed by atoms with van der Waals surface area (Å²) < 4.78 is 0. The summed E-state index contributed by atoms with van der Waals surface area (Å²) in [5, 5.41) is 19.0. The molecule has 0 saturated heterocycles. The van der Waals surface area contributed by atoms with Crippen molar-refractivity contribution in [1.82, 2.24) is 0 Å². The Morgan fingerprint density at radius 2 is 1.79 bits per heavy atom. The average molecular weight is 272 g/mol. The SMILES string of the molecule is NSc1ccc(C2(O)C(=O)Nc3ccccc32)cc1. The van der Waals surface area contributed by atoms with Gasteiger partial charge in [-0.25, -0.2) is 0 Å². The predicted octanol–water partition coefficient (Wildman–Crippen LogP) is 1.84. The summed E-state index contributed by atoms with van der Waals surface area (Å²) in [6.07, 6.45) is 0. The van der Waals surface area contributed by atoms with Gasteiger partial charge in [0.1, 0.15) is 0 Å². The van der Waals surface area contributed by atoms with Crippen LogP contribution in [-0.2, 0) is 10.4 Å². The zero-order valence-electron chi connectivity index (χ0n) is 9.96. The van der Waals surface area contributed by atoms with E-state index in [0.29, 0.717) is 16.8 Å². The van der Waals surface area contributed by atoms with Gasteiger partial charge >= 0.3 is 0 Å². The molecule has 0 bridgehead atoms. The molecule has 1 unspecified atom stereocenters. The Kier molecular flexibility index (Phi) is 2.82. The predicted molar refractivity (Wildman–Crippen MR) is 74.6 cm³/mol. The molecule has 3 rings (SSSR count). The summed E-state index contributed by atoms with van der Waals surface area (Å²) >= 11 is 1.12. The van der Waals surface area contributed by atoms with Crippen LogP contribution in [0.25, 0.3) is 0 Å². The van der Waals surface area contributed by atoms with Gasteiger partial charge in [-0.1, -0.05) is 30.3 Å². The van der Waals surface area contributed by atoms with Gasteiger partial charge in [-0.05, 0) is 35.7 Å². The van der Waals surface area contributed by atoms with Crippen molar-refractivity contribution < 1.29 is 9.90 Å². The number of fused-ring (bicyclic) bond motifs is 1. The first-order valence-corrected chi connectivity index (χ1v) is 6.65. The van der Waals surface area contributed by atoms with Gasteiger partial charge in [0, 0.05) is 16.1 Å². The maximum absolute atomic E-state index is 12.1. The van der Waals surface area contributed by atoms with Crippen molar-refractivity contribution in [2.24, 2.45) is 5.14 Å². The molecule has 1 aliphatic rings. The number of amides is 1. The normalized spacial score (nSPS) is 21.1. The molecule has 0 aliphatic carbocycles. The van der Waals surface area contributed by atoms with E-state index in [0.717, 1.165) is 16.8 Å². The fourth-order valence-corrected chi connectivity index (χ4v) is 2.60. The number of rotatable bonds is 2. The monoisotopic (exact) mass is 272 g/mol. The lowest BCUT2D eigenvalue weighted by molar-refractivity contribution is -0.129. The van der Waals surface area contributed by atoms with Crippen molar-refractivity contribution in [2.45, 2.75) is 10.5 Å². The number of hydrogen-bond donors (Lipinski definition) is 3. The van der Waals surface area contributed by atoms with Crippen molar-refractivity contribution in [2.75, 3.05) is 5.32 Å². The molecular weight excluding hydrogens is 260 g/mol. The van der Waals surface area contributed by atoms with Crippen LogP contribution in [0.3, 0.4) is 0 Å². The van der Waals surface area contributed by atoms with E-state index in [1.807, 2.05) is 6.07 Å². The van der Waals surface area contributed by atoms with Crippen molar-refractivity contribution in [1.29, 1.82) is 0 Å². The number of para-hydroxylation sites is 1. The smallest absolute Gasteiger partial charge is 0.265 e. The third kappa shape index (κ3) is 1.74.